The molecular formula is C14H30N2O4. The summed E-state index contributed by atoms with van der Waals surface area (Å²) in [6.45, 7) is 8.85. The van der Waals surface area contributed by atoms with Crippen molar-refractivity contribution in [1.29, 1.82) is 0 Å². The Morgan fingerprint density at radius 2 is 1.85 bits per heavy atom. The average molecular weight is 290 g/mol. The van der Waals surface area contributed by atoms with Crippen LogP contribution < -0.4 is 5.73 Å². The molecule has 20 heavy (non-hydrogen) atoms. The van der Waals surface area contributed by atoms with E-state index >= 15 is 0 Å². The van der Waals surface area contributed by atoms with Gasteiger partial charge in [-0.25, -0.2) is 0 Å². The number of amides is 1. The number of aliphatic hydroxyl groups is 1. The Morgan fingerprint density at radius 1 is 1.25 bits per heavy atom. The molecule has 0 aromatic heterocycles. The van der Waals surface area contributed by atoms with E-state index in [0.717, 1.165) is 0 Å². The van der Waals surface area contributed by atoms with Crippen molar-refractivity contribution < 1.29 is 19.4 Å². The van der Waals surface area contributed by atoms with E-state index in [4.69, 9.17) is 15.2 Å². The standard InChI is InChI=1S/C14H30N2O4/c1-10(2)20-7-6-19-9-13(17)8-16(5)14(18)11(3)12(4)15/h10-13,17H,6-9,15H2,1-5H3. The summed E-state index contributed by atoms with van der Waals surface area (Å²) in [4.78, 5) is 13.4. The number of likely N-dealkylation sites (N-methyl/N-ethyl adjacent to an activating group) is 1. The zero-order valence-electron chi connectivity index (χ0n) is 13.3. The predicted octanol–water partition coefficient (Wildman–Crippen LogP) is 0.231. The van der Waals surface area contributed by atoms with Crippen molar-refractivity contribution in [2.75, 3.05) is 33.4 Å². The van der Waals surface area contributed by atoms with E-state index in [1.54, 1.807) is 20.9 Å². The second-order valence-electron chi connectivity index (χ2n) is 5.51. The number of hydrogen-bond acceptors (Lipinski definition) is 5. The van der Waals surface area contributed by atoms with Crippen molar-refractivity contribution in [3.63, 3.8) is 0 Å². The third kappa shape index (κ3) is 8.47. The number of rotatable bonds is 10. The fraction of sp³-hybridized carbons (Fsp3) is 0.929. The minimum Gasteiger partial charge on any atom is -0.389 e. The van der Waals surface area contributed by atoms with Crippen molar-refractivity contribution in [3.05, 3.63) is 0 Å². The Morgan fingerprint density at radius 3 is 2.35 bits per heavy atom. The van der Waals surface area contributed by atoms with Gasteiger partial charge in [0.25, 0.3) is 0 Å². The molecule has 0 aliphatic carbocycles. The molecule has 0 bridgehead atoms. The number of nitrogens with two attached hydrogens (primary N) is 1. The lowest BCUT2D eigenvalue weighted by Gasteiger charge is -2.25. The lowest BCUT2D eigenvalue weighted by molar-refractivity contribution is -0.136. The Labute approximate surface area is 122 Å². The summed E-state index contributed by atoms with van der Waals surface area (Å²) < 4.78 is 10.6. The SMILES string of the molecule is CC(C)OCCOCC(O)CN(C)C(=O)C(C)C(C)N. The molecule has 0 saturated carbocycles. The summed E-state index contributed by atoms with van der Waals surface area (Å²) in [6, 6.07) is -0.202. The lowest BCUT2D eigenvalue weighted by atomic mass is 10.0. The Hall–Kier alpha value is -0.690. The maximum Gasteiger partial charge on any atom is 0.226 e. The van der Waals surface area contributed by atoms with Gasteiger partial charge in [0.1, 0.15) is 0 Å². The van der Waals surface area contributed by atoms with Crippen molar-refractivity contribution in [2.45, 2.75) is 45.9 Å². The van der Waals surface area contributed by atoms with Gasteiger partial charge in [0, 0.05) is 19.6 Å². The number of aliphatic hydroxyl groups excluding tert-OH is 1. The van der Waals surface area contributed by atoms with Gasteiger partial charge in [-0.15, -0.1) is 0 Å². The fourth-order valence-corrected chi connectivity index (χ4v) is 1.59. The molecular weight excluding hydrogens is 260 g/mol. The number of carbonyl (C=O) groups is 1. The Kier molecular flexibility index (Phi) is 9.75. The summed E-state index contributed by atoms with van der Waals surface area (Å²) >= 11 is 0. The smallest absolute Gasteiger partial charge is 0.226 e. The maximum atomic E-state index is 11.9. The van der Waals surface area contributed by atoms with Crippen LogP contribution in [0.5, 0.6) is 0 Å². The third-order valence-corrected chi connectivity index (χ3v) is 3.03. The van der Waals surface area contributed by atoms with Crippen LogP contribution in [0.15, 0.2) is 0 Å². The zero-order valence-corrected chi connectivity index (χ0v) is 13.3. The number of ether oxygens (including phenoxy) is 2. The predicted molar refractivity (Wildman–Crippen MR) is 78.4 cm³/mol. The normalized spacial score (nSPS) is 16.0. The molecule has 6 heteroatoms. The van der Waals surface area contributed by atoms with Crippen LogP contribution >= 0.6 is 0 Å². The van der Waals surface area contributed by atoms with Gasteiger partial charge in [0.2, 0.25) is 5.91 Å². The molecule has 3 atom stereocenters. The molecule has 3 unspecified atom stereocenters. The van der Waals surface area contributed by atoms with Crippen LogP contribution in [0.4, 0.5) is 0 Å². The average Bonchev–Trinajstić information content (AvgIpc) is 2.35. The Balaban J connectivity index is 3.84. The first-order chi connectivity index (χ1) is 9.25. The molecule has 0 aromatic rings. The van der Waals surface area contributed by atoms with Crippen LogP contribution in [-0.2, 0) is 14.3 Å². The minimum atomic E-state index is -0.705. The molecule has 0 radical (unpaired) electrons. The zero-order chi connectivity index (χ0) is 15.7. The van der Waals surface area contributed by atoms with Gasteiger partial charge in [0.05, 0.1) is 37.9 Å². The number of nitrogens with zero attached hydrogens (tertiary/aromatic N) is 1. The van der Waals surface area contributed by atoms with Crippen molar-refractivity contribution >= 4 is 5.91 Å². The summed E-state index contributed by atoms with van der Waals surface area (Å²) in [5.41, 5.74) is 5.69. The quantitative estimate of drug-likeness (QED) is 0.563. The van der Waals surface area contributed by atoms with Crippen LogP contribution in [0.25, 0.3) is 0 Å². The first kappa shape index (κ1) is 19.3. The van der Waals surface area contributed by atoms with Gasteiger partial charge in [-0.1, -0.05) is 6.92 Å². The van der Waals surface area contributed by atoms with Crippen molar-refractivity contribution in [3.8, 4) is 0 Å². The van der Waals surface area contributed by atoms with Crippen LogP contribution in [0.1, 0.15) is 27.7 Å². The molecule has 0 rings (SSSR count). The van der Waals surface area contributed by atoms with E-state index in [0.29, 0.717) is 13.2 Å². The Bertz CT molecular complexity index is 272. The highest BCUT2D eigenvalue weighted by Gasteiger charge is 2.22. The van der Waals surface area contributed by atoms with Crippen molar-refractivity contribution in [1.82, 2.24) is 4.90 Å². The van der Waals surface area contributed by atoms with Gasteiger partial charge in [0.15, 0.2) is 0 Å². The number of hydrogen-bond donors (Lipinski definition) is 2. The molecule has 0 heterocycles. The molecule has 3 N–H and O–H groups in total. The maximum absolute atomic E-state index is 11.9. The van der Waals surface area contributed by atoms with E-state index in [2.05, 4.69) is 0 Å². The molecule has 0 aliphatic rings. The monoisotopic (exact) mass is 290 g/mol. The van der Waals surface area contributed by atoms with Gasteiger partial charge >= 0.3 is 0 Å². The molecule has 0 aliphatic heterocycles. The minimum absolute atomic E-state index is 0.0674. The van der Waals surface area contributed by atoms with Gasteiger partial charge in [-0.3, -0.25) is 4.79 Å². The summed E-state index contributed by atoms with van der Waals surface area (Å²) in [5, 5.41) is 9.81. The number of carbonyl (C=O) groups excluding carboxylic acids is 1. The molecule has 6 nitrogen and oxygen atoms in total. The van der Waals surface area contributed by atoms with Crippen LogP contribution in [-0.4, -0.2) is 67.6 Å². The summed E-state index contributed by atoms with van der Waals surface area (Å²) in [6.07, 6.45) is -0.532. The van der Waals surface area contributed by atoms with Crippen LogP contribution in [0, 0.1) is 5.92 Å². The van der Waals surface area contributed by atoms with E-state index in [1.165, 1.54) is 4.90 Å². The lowest BCUT2D eigenvalue weighted by Crippen LogP contribution is -2.43. The second-order valence-corrected chi connectivity index (χ2v) is 5.51. The van der Waals surface area contributed by atoms with Gasteiger partial charge in [-0.05, 0) is 20.8 Å². The highest BCUT2D eigenvalue weighted by atomic mass is 16.5. The summed E-state index contributed by atoms with van der Waals surface area (Å²) in [5.74, 6) is -0.324. The molecule has 0 saturated heterocycles. The van der Waals surface area contributed by atoms with E-state index < -0.39 is 6.10 Å². The summed E-state index contributed by atoms with van der Waals surface area (Å²) in [7, 11) is 1.66. The van der Waals surface area contributed by atoms with E-state index in [1.807, 2.05) is 13.8 Å². The van der Waals surface area contributed by atoms with E-state index in [9.17, 15) is 9.90 Å². The van der Waals surface area contributed by atoms with Gasteiger partial charge in [-0.2, -0.15) is 0 Å². The molecule has 0 aromatic carbocycles. The molecule has 0 fully saturated rings. The topological polar surface area (TPSA) is 85.0 Å². The van der Waals surface area contributed by atoms with Crippen LogP contribution in [0.3, 0.4) is 0 Å². The molecule has 1 amide bonds. The van der Waals surface area contributed by atoms with Gasteiger partial charge < -0.3 is 25.2 Å². The largest absolute Gasteiger partial charge is 0.389 e. The second kappa shape index (κ2) is 10.1. The highest BCUT2D eigenvalue weighted by molar-refractivity contribution is 5.78. The van der Waals surface area contributed by atoms with Crippen molar-refractivity contribution in [2.24, 2.45) is 11.7 Å². The molecule has 0 spiro atoms. The highest BCUT2D eigenvalue weighted by Crippen LogP contribution is 2.05. The third-order valence-electron chi connectivity index (χ3n) is 3.03. The first-order valence-corrected chi connectivity index (χ1v) is 7.13. The molecule has 120 valence electrons. The fourth-order valence-electron chi connectivity index (χ4n) is 1.59. The van der Waals surface area contributed by atoms with Crippen LogP contribution in [0.2, 0.25) is 0 Å². The first-order valence-electron chi connectivity index (χ1n) is 7.13. The van der Waals surface area contributed by atoms with E-state index in [-0.39, 0.29) is 37.1 Å².